The minimum absolute atomic E-state index is 0.218. The Bertz CT molecular complexity index is 1440. The number of anilines is 1. The highest BCUT2D eigenvalue weighted by molar-refractivity contribution is 7.16. The van der Waals surface area contributed by atoms with Gasteiger partial charge in [-0.05, 0) is 57.0 Å². The summed E-state index contributed by atoms with van der Waals surface area (Å²) in [5.41, 5.74) is 4.27. The van der Waals surface area contributed by atoms with Crippen LogP contribution in [0.15, 0.2) is 35.4 Å². The lowest BCUT2D eigenvalue weighted by atomic mass is 10.1. The fourth-order valence-electron chi connectivity index (χ4n) is 3.97. The Kier molecular flexibility index (Phi) is 6.09. The van der Waals surface area contributed by atoms with E-state index in [0.29, 0.717) is 23.1 Å². The van der Waals surface area contributed by atoms with Crippen LogP contribution in [0.25, 0.3) is 21.3 Å². The highest BCUT2D eigenvalue weighted by Crippen LogP contribution is 2.43. The van der Waals surface area contributed by atoms with Crippen molar-refractivity contribution < 1.29 is 9.90 Å². The van der Waals surface area contributed by atoms with E-state index < -0.39 is 5.60 Å². The molecule has 4 heterocycles. The van der Waals surface area contributed by atoms with E-state index in [9.17, 15) is 14.7 Å². The first-order valence-corrected chi connectivity index (χ1v) is 11.8. The number of nitrogens with one attached hydrogen (secondary N) is 3. The van der Waals surface area contributed by atoms with E-state index in [-0.39, 0.29) is 11.5 Å². The lowest BCUT2D eigenvalue weighted by Gasteiger charge is -2.14. The molecule has 34 heavy (non-hydrogen) atoms. The Morgan fingerprint density at radius 3 is 2.68 bits per heavy atom. The Morgan fingerprint density at radius 2 is 2.03 bits per heavy atom. The number of fused-ring (bicyclic) bond motifs is 1. The minimum Gasteiger partial charge on any atom is -0.385 e. The van der Waals surface area contributed by atoms with Crippen molar-refractivity contribution >= 4 is 33.8 Å². The highest BCUT2D eigenvalue weighted by atomic mass is 32.1. The molecule has 4 N–H and O–H groups in total. The normalized spacial score (nSPS) is 11.7. The van der Waals surface area contributed by atoms with Crippen LogP contribution in [-0.4, -0.2) is 32.6 Å². The van der Waals surface area contributed by atoms with E-state index in [0.717, 1.165) is 37.8 Å². The Morgan fingerprint density at radius 1 is 1.29 bits per heavy atom. The van der Waals surface area contributed by atoms with Crippen molar-refractivity contribution in [3.63, 3.8) is 0 Å². The first-order valence-electron chi connectivity index (χ1n) is 11.0. The fraction of sp³-hybridized carbons (Fsp3) is 0.320. The lowest BCUT2D eigenvalue weighted by molar-refractivity contribution is 0.0825. The van der Waals surface area contributed by atoms with Gasteiger partial charge in [-0.2, -0.15) is 0 Å². The molecule has 0 radical (unpaired) electrons. The molecule has 4 aromatic heterocycles. The molecule has 0 bridgehead atoms. The van der Waals surface area contributed by atoms with Gasteiger partial charge in [-0.25, -0.2) is 0 Å². The van der Waals surface area contributed by atoms with Gasteiger partial charge in [-0.1, -0.05) is 0 Å². The molecule has 4 rings (SSSR count). The Labute approximate surface area is 201 Å². The summed E-state index contributed by atoms with van der Waals surface area (Å²) in [6.45, 7) is 8.10. The van der Waals surface area contributed by atoms with Crippen molar-refractivity contribution in [2.75, 3.05) is 12.4 Å². The zero-order chi connectivity index (χ0) is 24.8. The zero-order valence-corrected chi connectivity index (χ0v) is 21.0. The van der Waals surface area contributed by atoms with Crippen LogP contribution in [0, 0.1) is 13.8 Å². The molecule has 0 spiro atoms. The molecular formula is C25H29N5O3S. The minimum atomic E-state index is -1.04. The molecule has 0 aliphatic heterocycles. The number of amides is 1. The molecule has 8 nitrogen and oxygen atoms in total. The fourth-order valence-corrected chi connectivity index (χ4v) is 5.13. The van der Waals surface area contributed by atoms with Crippen molar-refractivity contribution in [2.24, 2.45) is 7.05 Å². The summed E-state index contributed by atoms with van der Waals surface area (Å²) >= 11 is 1.46. The van der Waals surface area contributed by atoms with E-state index in [4.69, 9.17) is 0 Å². The Hall–Kier alpha value is -3.43. The SMILES string of the molecule is CNC(=O)c1cc2c(-c3sc(C(C)(C)O)cc3NCc3c(C)ccnc3C)cn(C)c(=O)c2[nH]1. The first kappa shape index (κ1) is 23.7. The van der Waals surface area contributed by atoms with Gasteiger partial charge in [0.1, 0.15) is 11.2 Å². The summed E-state index contributed by atoms with van der Waals surface area (Å²) in [5.74, 6) is -0.298. The number of H-pyrrole nitrogens is 1. The maximum absolute atomic E-state index is 12.8. The number of aromatic amines is 1. The van der Waals surface area contributed by atoms with Gasteiger partial charge in [0.25, 0.3) is 11.5 Å². The molecule has 0 atom stereocenters. The van der Waals surface area contributed by atoms with Crippen molar-refractivity contribution in [3.8, 4) is 10.4 Å². The summed E-state index contributed by atoms with van der Waals surface area (Å²) < 4.78 is 1.50. The second-order valence-corrected chi connectivity index (χ2v) is 10.0. The lowest BCUT2D eigenvalue weighted by Crippen LogP contribution is -2.19. The quantitative estimate of drug-likeness (QED) is 0.336. The number of hydrogen-bond acceptors (Lipinski definition) is 6. The average molecular weight is 480 g/mol. The molecule has 9 heteroatoms. The van der Waals surface area contributed by atoms with Gasteiger partial charge in [0.05, 0.1) is 16.2 Å². The van der Waals surface area contributed by atoms with Crippen molar-refractivity contribution in [3.05, 3.63) is 68.3 Å². The molecule has 1 amide bonds. The van der Waals surface area contributed by atoms with Gasteiger partial charge >= 0.3 is 0 Å². The molecule has 0 saturated heterocycles. The molecule has 0 aliphatic rings. The van der Waals surface area contributed by atoms with Gasteiger partial charge < -0.3 is 25.3 Å². The summed E-state index contributed by atoms with van der Waals surface area (Å²) in [4.78, 5) is 34.1. The van der Waals surface area contributed by atoms with Crippen molar-refractivity contribution in [2.45, 2.75) is 39.8 Å². The van der Waals surface area contributed by atoms with Crippen molar-refractivity contribution in [1.82, 2.24) is 19.9 Å². The summed E-state index contributed by atoms with van der Waals surface area (Å²) in [7, 11) is 3.23. The third-order valence-electron chi connectivity index (χ3n) is 5.98. The van der Waals surface area contributed by atoms with Crippen molar-refractivity contribution in [1.29, 1.82) is 0 Å². The number of aliphatic hydroxyl groups is 1. The van der Waals surface area contributed by atoms with Gasteiger partial charge in [0.2, 0.25) is 0 Å². The second-order valence-electron chi connectivity index (χ2n) is 8.97. The molecule has 4 aromatic rings. The smallest absolute Gasteiger partial charge is 0.274 e. The third-order valence-corrected chi connectivity index (χ3v) is 7.46. The van der Waals surface area contributed by atoms with Gasteiger partial charge in [-0.15, -0.1) is 11.3 Å². The van der Waals surface area contributed by atoms with Crippen LogP contribution >= 0.6 is 11.3 Å². The largest absolute Gasteiger partial charge is 0.385 e. The molecular weight excluding hydrogens is 450 g/mol. The van der Waals surface area contributed by atoms with Crippen LogP contribution < -0.4 is 16.2 Å². The standard InChI is InChI=1S/C25H29N5O3S/c1-13-7-8-27-14(2)16(13)11-28-18-10-20(25(3,4)33)34-22(18)17-12-30(6)24(32)21-15(17)9-19(29-21)23(31)26-5/h7-10,12,28-29,33H,11H2,1-6H3,(H,26,31). The van der Waals surface area contributed by atoms with Gasteiger partial charge in [-0.3, -0.25) is 14.6 Å². The number of aryl methyl sites for hydroxylation is 3. The molecule has 0 aromatic carbocycles. The maximum atomic E-state index is 12.8. The topological polar surface area (TPSA) is 112 Å². The summed E-state index contributed by atoms with van der Waals surface area (Å²) in [5, 5.41) is 17.5. The maximum Gasteiger partial charge on any atom is 0.274 e. The Balaban J connectivity index is 1.89. The predicted molar refractivity (Wildman–Crippen MR) is 137 cm³/mol. The molecule has 0 fully saturated rings. The van der Waals surface area contributed by atoms with E-state index in [1.165, 1.54) is 15.9 Å². The summed E-state index contributed by atoms with van der Waals surface area (Å²) in [6.07, 6.45) is 3.58. The zero-order valence-electron chi connectivity index (χ0n) is 20.2. The van der Waals surface area contributed by atoms with Crippen LogP contribution in [0.2, 0.25) is 0 Å². The summed E-state index contributed by atoms with van der Waals surface area (Å²) in [6, 6.07) is 5.63. The van der Waals surface area contributed by atoms with Gasteiger partial charge in [0, 0.05) is 54.6 Å². The second kappa shape index (κ2) is 8.73. The van der Waals surface area contributed by atoms with Crippen LogP contribution in [0.3, 0.4) is 0 Å². The van der Waals surface area contributed by atoms with Crippen LogP contribution in [0.5, 0.6) is 0 Å². The average Bonchev–Trinajstić information content (AvgIpc) is 3.41. The molecule has 0 saturated carbocycles. The highest BCUT2D eigenvalue weighted by Gasteiger charge is 2.25. The molecule has 0 aliphatic carbocycles. The third kappa shape index (κ3) is 4.24. The number of aromatic nitrogens is 3. The van der Waals surface area contributed by atoms with E-state index >= 15 is 0 Å². The number of thiophene rings is 1. The number of carbonyl (C=O) groups is 1. The van der Waals surface area contributed by atoms with Crippen LogP contribution in [0.4, 0.5) is 5.69 Å². The predicted octanol–water partition coefficient (Wildman–Crippen LogP) is 3.81. The first-order chi connectivity index (χ1) is 16.0. The van der Waals surface area contributed by atoms with E-state index in [1.807, 2.05) is 19.1 Å². The molecule has 178 valence electrons. The monoisotopic (exact) mass is 479 g/mol. The number of rotatable bonds is 6. The number of nitrogens with zero attached hydrogens (tertiary/aromatic N) is 2. The van der Waals surface area contributed by atoms with Gasteiger partial charge in [0.15, 0.2) is 0 Å². The molecule has 0 unspecified atom stereocenters. The van der Waals surface area contributed by atoms with Crippen LogP contribution in [0.1, 0.15) is 46.0 Å². The van der Waals surface area contributed by atoms with E-state index in [2.05, 4.69) is 27.5 Å². The van der Waals surface area contributed by atoms with Crippen LogP contribution in [-0.2, 0) is 19.2 Å². The number of carbonyl (C=O) groups excluding carboxylic acids is 1. The van der Waals surface area contributed by atoms with E-state index in [1.54, 1.807) is 46.4 Å². The number of pyridine rings is 2. The number of hydrogen-bond donors (Lipinski definition) is 4.